The van der Waals surface area contributed by atoms with E-state index in [1.807, 2.05) is 42.0 Å². The molecule has 2 aromatic heterocycles. The first-order chi connectivity index (χ1) is 16.3. The molecule has 35 heavy (non-hydrogen) atoms. The van der Waals surface area contributed by atoms with Crippen molar-refractivity contribution in [2.24, 2.45) is 0 Å². The van der Waals surface area contributed by atoms with Gasteiger partial charge < -0.3 is 14.7 Å². The quantitative estimate of drug-likeness (QED) is 0.220. The van der Waals surface area contributed by atoms with Crippen LogP contribution in [0.1, 0.15) is 44.0 Å². The minimum Gasteiger partial charge on any atom is -0.494 e. The molecule has 0 spiro atoms. The Hall–Kier alpha value is -2.36. The molecular weight excluding hydrogens is 504 g/mol. The molecule has 0 radical (unpaired) electrons. The standard InChI is InChI=1S/C25H32N4O3S2.ClH/c1-5-19-15-26-23(27-16-19)29(12-6-14-32-21-9-7-18(2)8-10-21)13-11-20-17-33-24(28-20)34-25(3,4)22(30)31;/h7-10,15-17H,5-6,11-14H2,1-4H3,(H,30,31);1H. The molecule has 0 aliphatic rings. The SMILES string of the molecule is CCc1cnc(N(CCCOc2ccc(C)cc2)CCc2csc(SC(C)(C)C(=O)O)n2)nc1.Cl. The number of aliphatic carboxylic acids is 1. The molecular formula is C25H33ClN4O3S2. The summed E-state index contributed by atoms with van der Waals surface area (Å²) < 4.78 is 5.75. The summed E-state index contributed by atoms with van der Waals surface area (Å²) in [5, 5.41) is 11.4. The van der Waals surface area contributed by atoms with Gasteiger partial charge in [-0.2, -0.15) is 0 Å². The number of ether oxygens (including phenoxy) is 1. The van der Waals surface area contributed by atoms with Crippen molar-refractivity contribution in [3.8, 4) is 5.75 Å². The smallest absolute Gasteiger partial charge is 0.319 e. The maximum Gasteiger partial charge on any atom is 0.319 e. The largest absolute Gasteiger partial charge is 0.494 e. The first-order valence-corrected chi connectivity index (χ1v) is 13.1. The van der Waals surface area contributed by atoms with Crippen molar-refractivity contribution in [2.75, 3.05) is 24.6 Å². The Labute approximate surface area is 221 Å². The first kappa shape index (κ1) is 28.9. The molecule has 7 nitrogen and oxygen atoms in total. The summed E-state index contributed by atoms with van der Waals surface area (Å²) in [5.74, 6) is 0.725. The van der Waals surface area contributed by atoms with Crippen LogP contribution in [0.3, 0.4) is 0 Å². The fourth-order valence-electron chi connectivity index (χ4n) is 3.05. The minimum atomic E-state index is -0.909. The Balaban J connectivity index is 0.00000432. The molecule has 0 saturated heterocycles. The highest BCUT2D eigenvalue weighted by atomic mass is 35.5. The van der Waals surface area contributed by atoms with Crippen LogP contribution in [0.5, 0.6) is 5.75 Å². The number of carboxylic acids is 1. The molecule has 0 fully saturated rings. The summed E-state index contributed by atoms with van der Waals surface area (Å²) in [7, 11) is 0. The van der Waals surface area contributed by atoms with Crippen LogP contribution in [0.2, 0.25) is 0 Å². The molecule has 1 N–H and O–H groups in total. The second-order valence-corrected chi connectivity index (χ2v) is 11.2. The van der Waals surface area contributed by atoms with Gasteiger partial charge in [0.15, 0.2) is 4.34 Å². The van der Waals surface area contributed by atoms with Gasteiger partial charge in [-0.1, -0.05) is 36.4 Å². The van der Waals surface area contributed by atoms with E-state index in [1.165, 1.54) is 28.7 Å². The van der Waals surface area contributed by atoms with Gasteiger partial charge in [-0.15, -0.1) is 23.7 Å². The molecule has 190 valence electrons. The van der Waals surface area contributed by atoms with E-state index >= 15 is 0 Å². The molecule has 3 rings (SSSR count). The predicted octanol–water partition coefficient (Wildman–Crippen LogP) is 5.70. The molecule has 0 bridgehead atoms. The predicted molar refractivity (Wildman–Crippen MR) is 146 cm³/mol. The highest BCUT2D eigenvalue weighted by Crippen LogP contribution is 2.34. The van der Waals surface area contributed by atoms with Crippen LogP contribution in [0.4, 0.5) is 5.95 Å². The molecule has 0 saturated carbocycles. The van der Waals surface area contributed by atoms with Crippen molar-refractivity contribution in [3.63, 3.8) is 0 Å². The van der Waals surface area contributed by atoms with Gasteiger partial charge in [0.2, 0.25) is 5.95 Å². The number of carboxylic acid groups (broad SMARTS) is 1. The van der Waals surface area contributed by atoms with Crippen molar-refractivity contribution in [1.82, 2.24) is 15.0 Å². The maximum atomic E-state index is 11.4. The van der Waals surface area contributed by atoms with Crippen LogP contribution in [0.15, 0.2) is 46.4 Å². The Morgan fingerprint density at radius 2 is 1.86 bits per heavy atom. The van der Waals surface area contributed by atoms with Crippen molar-refractivity contribution < 1.29 is 14.6 Å². The van der Waals surface area contributed by atoms with Gasteiger partial charge in [-0.3, -0.25) is 4.79 Å². The van der Waals surface area contributed by atoms with Crippen molar-refractivity contribution in [1.29, 1.82) is 0 Å². The second-order valence-electron chi connectivity index (χ2n) is 8.52. The number of nitrogens with zero attached hydrogens (tertiary/aromatic N) is 4. The third-order valence-electron chi connectivity index (χ3n) is 5.27. The Morgan fingerprint density at radius 1 is 1.17 bits per heavy atom. The average molecular weight is 537 g/mol. The van der Waals surface area contributed by atoms with Gasteiger partial charge in [-0.05, 0) is 51.3 Å². The number of thiazole rings is 1. The van der Waals surface area contributed by atoms with Crippen molar-refractivity contribution in [2.45, 2.75) is 56.0 Å². The number of aryl methyl sites for hydroxylation is 2. The van der Waals surface area contributed by atoms with Crippen molar-refractivity contribution in [3.05, 3.63) is 58.9 Å². The monoisotopic (exact) mass is 536 g/mol. The van der Waals surface area contributed by atoms with E-state index < -0.39 is 10.7 Å². The van der Waals surface area contributed by atoms with E-state index in [-0.39, 0.29) is 12.4 Å². The third-order valence-corrected chi connectivity index (χ3v) is 7.44. The van der Waals surface area contributed by atoms with Crippen LogP contribution >= 0.6 is 35.5 Å². The molecule has 10 heteroatoms. The Bertz CT molecular complexity index is 1060. The zero-order chi connectivity index (χ0) is 24.6. The van der Waals surface area contributed by atoms with Crippen LogP contribution in [0, 0.1) is 6.92 Å². The van der Waals surface area contributed by atoms with E-state index in [2.05, 4.69) is 33.7 Å². The summed E-state index contributed by atoms with van der Waals surface area (Å²) >= 11 is 2.76. The van der Waals surface area contributed by atoms with Gasteiger partial charge >= 0.3 is 5.97 Å². The highest BCUT2D eigenvalue weighted by Gasteiger charge is 2.29. The summed E-state index contributed by atoms with van der Waals surface area (Å²) in [6.07, 6.45) is 6.21. The Morgan fingerprint density at radius 3 is 2.49 bits per heavy atom. The summed E-state index contributed by atoms with van der Waals surface area (Å²) in [6, 6.07) is 8.07. The molecule has 0 amide bonds. The zero-order valence-corrected chi connectivity index (χ0v) is 23.0. The minimum absolute atomic E-state index is 0. The lowest BCUT2D eigenvalue weighted by atomic mass is 10.2. The number of hydrogen-bond donors (Lipinski definition) is 1. The first-order valence-electron chi connectivity index (χ1n) is 11.4. The fourth-order valence-corrected chi connectivity index (χ4v) is 5.27. The molecule has 0 atom stereocenters. The molecule has 0 aliphatic carbocycles. The fraction of sp³-hybridized carbons (Fsp3) is 0.440. The van der Waals surface area contributed by atoms with Crippen LogP contribution in [0.25, 0.3) is 0 Å². The zero-order valence-electron chi connectivity index (χ0n) is 20.6. The summed E-state index contributed by atoms with van der Waals surface area (Å²) in [5.41, 5.74) is 3.26. The van der Waals surface area contributed by atoms with Gasteiger partial charge in [0.25, 0.3) is 0 Å². The number of benzene rings is 1. The number of thioether (sulfide) groups is 1. The van der Waals surface area contributed by atoms with E-state index in [0.29, 0.717) is 19.1 Å². The normalized spacial score (nSPS) is 11.1. The molecule has 1 aromatic carbocycles. The molecule has 0 unspecified atom stereocenters. The molecule has 0 aliphatic heterocycles. The van der Waals surface area contributed by atoms with Gasteiger partial charge in [0.1, 0.15) is 10.5 Å². The lowest BCUT2D eigenvalue weighted by Gasteiger charge is -2.22. The third kappa shape index (κ3) is 8.98. The van der Waals surface area contributed by atoms with Crippen LogP contribution in [-0.2, 0) is 17.6 Å². The Kier molecular flexibility index (Phi) is 11.3. The van der Waals surface area contributed by atoms with Gasteiger partial charge in [0.05, 0.1) is 12.3 Å². The number of carbonyl (C=O) groups is 1. The number of halogens is 1. The lowest BCUT2D eigenvalue weighted by molar-refractivity contribution is -0.138. The van der Waals surface area contributed by atoms with Crippen molar-refractivity contribution >= 4 is 47.4 Å². The van der Waals surface area contributed by atoms with Gasteiger partial charge in [-0.25, -0.2) is 15.0 Å². The van der Waals surface area contributed by atoms with E-state index in [0.717, 1.165) is 47.2 Å². The lowest BCUT2D eigenvalue weighted by Crippen LogP contribution is -2.30. The second kappa shape index (κ2) is 13.7. The molecule has 2 heterocycles. The topological polar surface area (TPSA) is 88.4 Å². The molecule has 3 aromatic rings. The van der Waals surface area contributed by atoms with Crippen LogP contribution < -0.4 is 9.64 Å². The van der Waals surface area contributed by atoms with Crippen LogP contribution in [-0.4, -0.2) is 50.5 Å². The summed E-state index contributed by atoms with van der Waals surface area (Å²) in [4.78, 5) is 27.3. The number of hydrogen-bond acceptors (Lipinski definition) is 8. The number of rotatable bonds is 13. The highest BCUT2D eigenvalue weighted by molar-refractivity contribution is 8.03. The summed E-state index contributed by atoms with van der Waals surface area (Å²) in [6.45, 7) is 9.61. The average Bonchev–Trinajstić information content (AvgIpc) is 3.26. The van der Waals surface area contributed by atoms with E-state index in [9.17, 15) is 9.90 Å². The van der Waals surface area contributed by atoms with E-state index in [1.54, 1.807) is 13.8 Å². The maximum absolute atomic E-state index is 11.4. The number of anilines is 1. The van der Waals surface area contributed by atoms with Gasteiger partial charge in [0, 0.05) is 37.3 Å². The van der Waals surface area contributed by atoms with E-state index in [4.69, 9.17) is 4.74 Å². The number of aromatic nitrogens is 3.